The van der Waals surface area contributed by atoms with Gasteiger partial charge in [-0.3, -0.25) is 0 Å². The van der Waals surface area contributed by atoms with Gasteiger partial charge in [0.05, 0.1) is 12.6 Å². The molecule has 20 heavy (non-hydrogen) atoms. The largest absolute Gasteiger partial charge is 0.493 e. The molecule has 1 aromatic heterocycles. The topological polar surface area (TPSA) is 47.3 Å². The second-order valence-electron chi connectivity index (χ2n) is 4.95. The van der Waals surface area contributed by atoms with Crippen LogP contribution in [-0.4, -0.2) is 6.61 Å². The van der Waals surface area contributed by atoms with E-state index in [1.54, 1.807) is 0 Å². The van der Waals surface area contributed by atoms with Crippen LogP contribution in [0.2, 0.25) is 0 Å². The SMILES string of the molecule is CCCOc1cc(N)cc(NC(C)c2ccc(C)s2)c1. The van der Waals surface area contributed by atoms with E-state index in [-0.39, 0.29) is 6.04 Å². The predicted molar refractivity (Wildman–Crippen MR) is 87.7 cm³/mol. The number of benzene rings is 1. The molecule has 1 aromatic carbocycles. The molecule has 3 N–H and O–H groups in total. The van der Waals surface area contributed by atoms with Crippen molar-refractivity contribution in [3.8, 4) is 5.75 Å². The van der Waals surface area contributed by atoms with Gasteiger partial charge in [0.15, 0.2) is 0 Å². The van der Waals surface area contributed by atoms with Gasteiger partial charge in [0, 0.05) is 33.3 Å². The van der Waals surface area contributed by atoms with E-state index in [2.05, 4.69) is 38.2 Å². The van der Waals surface area contributed by atoms with E-state index in [1.165, 1.54) is 9.75 Å². The van der Waals surface area contributed by atoms with Crippen molar-refractivity contribution in [2.24, 2.45) is 0 Å². The van der Waals surface area contributed by atoms with Crippen molar-refractivity contribution in [3.05, 3.63) is 40.1 Å². The maximum atomic E-state index is 5.93. The highest BCUT2D eigenvalue weighted by Gasteiger charge is 2.09. The van der Waals surface area contributed by atoms with Gasteiger partial charge in [-0.1, -0.05) is 6.92 Å². The highest BCUT2D eigenvalue weighted by Crippen LogP contribution is 2.29. The molecule has 108 valence electrons. The van der Waals surface area contributed by atoms with Crippen molar-refractivity contribution in [3.63, 3.8) is 0 Å². The first-order chi connectivity index (χ1) is 9.58. The Morgan fingerprint density at radius 3 is 2.75 bits per heavy atom. The molecular weight excluding hydrogens is 268 g/mol. The van der Waals surface area contributed by atoms with Gasteiger partial charge in [-0.15, -0.1) is 11.3 Å². The third kappa shape index (κ3) is 3.90. The Labute approximate surface area is 124 Å². The quantitative estimate of drug-likeness (QED) is 0.764. The van der Waals surface area contributed by atoms with Crippen molar-refractivity contribution in [2.75, 3.05) is 17.7 Å². The fraction of sp³-hybridized carbons (Fsp3) is 0.375. The second kappa shape index (κ2) is 6.66. The van der Waals surface area contributed by atoms with Crippen molar-refractivity contribution >= 4 is 22.7 Å². The summed E-state index contributed by atoms with van der Waals surface area (Å²) in [7, 11) is 0. The number of anilines is 2. The average molecular weight is 290 g/mol. The van der Waals surface area contributed by atoms with Crippen LogP contribution in [0.25, 0.3) is 0 Å². The summed E-state index contributed by atoms with van der Waals surface area (Å²) in [6.45, 7) is 7.08. The van der Waals surface area contributed by atoms with Crippen LogP contribution >= 0.6 is 11.3 Å². The Balaban J connectivity index is 2.10. The zero-order chi connectivity index (χ0) is 14.5. The Morgan fingerprint density at radius 2 is 2.10 bits per heavy atom. The molecule has 0 bridgehead atoms. The summed E-state index contributed by atoms with van der Waals surface area (Å²) in [5.41, 5.74) is 7.65. The van der Waals surface area contributed by atoms with Crippen molar-refractivity contribution < 1.29 is 4.74 Å². The lowest BCUT2D eigenvalue weighted by Gasteiger charge is -2.15. The first-order valence-electron chi connectivity index (χ1n) is 6.94. The molecule has 1 atom stereocenters. The zero-order valence-corrected chi connectivity index (χ0v) is 13.1. The number of aryl methyl sites for hydroxylation is 1. The van der Waals surface area contributed by atoms with Crippen LogP contribution in [0.3, 0.4) is 0 Å². The van der Waals surface area contributed by atoms with Gasteiger partial charge in [-0.05, 0) is 38.5 Å². The van der Waals surface area contributed by atoms with Gasteiger partial charge in [0.2, 0.25) is 0 Å². The third-order valence-electron chi connectivity index (χ3n) is 2.97. The van der Waals surface area contributed by atoms with E-state index in [1.807, 2.05) is 29.5 Å². The Morgan fingerprint density at radius 1 is 1.30 bits per heavy atom. The summed E-state index contributed by atoms with van der Waals surface area (Å²) >= 11 is 1.81. The number of thiophene rings is 1. The summed E-state index contributed by atoms with van der Waals surface area (Å²) in [6.07, 6.45) is 0.989. The lowest BCUT2D eigenvalue weighted by molar-refractivity contribution is 0.318. The highest BCUT2D eigenvalue weighted by molar-refractivity contribution is 7.12. The Hall–Kier alpha value is -1.68. The van der Waals surface area contributed by atoms with E-state index in [9.17, 15) is 0 Å². The van der Waals surface area contributed by atoms with Crippen LogP contribution in [0.15, 0.2) is 30.3 Å². The molecule has 0 saturated carbocycles. The molecule has 0 amide bonds. The van der Waals surface area contributed by atoms with Crippen LogP contribution < -0.4 is 15.8 Å². The molecule has 0 aliphatic heterocycles. The molecule has 0 radical (unpaired) electrons. The molecule has 2 rings (SSSR count). The summed E-state index contributed by atoms with van der Waals surface area (Å²) in [4.78, 5) is 2.65. The van der Waals surface area contributed by atoms with Crippen molar-refractivity contribution in [1.29, 1.82) is 0 Å². The third-order valence-corrected chi connectivity index (χ3v) is 4.16. The molecule has 0 aliphatic rings. The van der Waals surface area contributed by atoms with E-state index < -0.39 is 0 Å². The summed E-state index contributed by atoms with van der Waals surface area (Å²) in [5.74, 6) is 0.823. The number of hydrogen-bond acceptors (Lipinski definition) is 4. The number of nitrogens with two attached hydrogens (primary N) is 1. The van der Waals surface area contributed by atoms with Crippen LogP contribution in [0.4, 0.5) is 11.4 Å². The molecule has 0 saturated heterocycles. The first kappa shape index (κ1) is 14.7. The zero-order valence-electron chi connectivity index (χ0n) is 12.3. The Bertz CT molecular complexity index is 565. The van der Waals surface area contributed by atoms with Crippen LogP contribution in [0, 0.1) is 6.92 Å². The van der Waals surface area contributed by atoms with Gasteiger partial charge in [-0.25, -0.2) is 0 Å². The lowest BCUT2D eigenvalue weighted by Crippen LogP contribution is -2.06. The number of hydrogen-bond donors (Lipinski definition) is 2. The maximum Gasteiger partial charge on any atom is 0.123 e. The van der Waals surface area contributed by atoms with Crippen molar-refractivity contribution in [1.82, 2.24) is 0 Å². The lowest BCUT2D eigenvalue weighted by atomic mass is 10.2. The molecule has 1 unspecified atom stereocenters. The molecule has 0 fully saturated rings. The highest BCUT2D eigenvalue weighted by atomic mass is 32.1. The van der Waals surface area contributed by atoms with E-state index in [0.717, 1.165) is 23.5 Å². The minimum Gasteiger partial charge on any atom is -0.493 e. The number of rotatable bonds is 6. The molecule has 1 heterocycles. The first-order valence-corrected chi connectivity index (χ1v) is 7.76. The van der Waals surface area contributed by atoms with E-state index in [4.69, 9.17) is 10.5 Å². The smallest absolute Gasteiger partial charge is 0.123 e. The van der Waals surface area contributed by atoms with Crippen molar-refractivity contribution in [2.45, 2.75) is 33.2 Å². The van der Waals surface area contributed by atoms with Crippen LogP contribution in [0.5, 0.6) is 5.75 Å². The monoisotopic (exact) mass is 290 g/mol. The van der Waals surface area contributed by atoms with Gasteiger partial charge < -0.3 is 15.8 Å². The number of ether oxygens (including phenoxy) is 1. The maximum absolute atomic E-state index is 5.93. The fourth-order valence-electron chi connectivity index (χ4n) is 2.02. The Kier molecular flexibility index (Phi) is 4.90. The van der Waals surface area contributed by atoms with Gasteiger partial charge in [0.25, 0.3) is 0 Å². The molecule has 2 aromatic rings. The summed E-state index contributed by atoms with van der Waals surface area (Å²) in [6, 6.07) is 10.4. The molecule has 0 aliphatic carbocycles. The second-order valence-corrected chi connectivity index (χ2v) is 6.27. The predicted octanol–water partition coefficient (Wildman–Crippen LogP) is 4.60. The minimum absolute atomic E-state index is 0.259. The number of nitrogens with one attached hydrogen (secondary N) is 1. The average Bonchev–Trinajstić information content (AvgIpc) is 2.82. The molecular formula is C16H22N2OS. The fourth-order valence-corrected chi connectivity index (χ4v) is 2.90. The minimum atomic E-state index is 0.259. The summed E-state index contributed by atoms with van der Waals surface area (Å²) in [5, 5.41) is 3.48. The number of nitrogen functional groups attached to an aromatic ring is 1. The van der Waals surface area contributed by atoms with E-state index >= 15 is 0 Å². The molecule has 3 nitrogen and oxygen atoms in total. The normalized spacial score (nSPS) is 12.2. The van der Waals surface area contributed by atoms with E-state index in [0.29, 0.717) is 6.61 Å². The summed E-state index contributed by atoms with van der Waals surface area (Å²) < 4.78 is 5.65. The van der Waals surface area contributed by atoms with Gasteiger partial charge in [0.1, 0.15) is 5.75 Å². The molecule has 0 spiro atoms. The van der Waals surface area contributed by atoms with Crippen LogP contribution in [-0.2, 0) is 0 Å². The molecule has 4 heteroatoms. The van der Waals surface area contributed by atoms with Gasteiger partial charge in [-0.2, -0.15) is 0 Å². The standard InChI is InChI=1S/C16H22N2OS/c1-4-7-19-15-9-13(17)8-14(10-15)18-12(3)16-6-5-11(2)20-16/h5-6,8-10,12,18H,4,7,17H2,1-3H3. The van der Waals surface area contributed by atoms with Crippen LogP contribution in [0.1, 0.15) is 36.1 Å². The van der Waals surface area contributed by atoms with Gasteiger partial charge >= 0.3 is 0 Å².